The summed E-state index contributed by atoms with van der Waals surface area (Å²) in [6.45, 7) is 5.86. The number of alkyl carbamates (subject to hydrolysis) is 1. The van der Waals surface area contributed by atoms with Crippen LogP contribution in [0.25, 0.3) is 0 Å². The number of methoxy groups -OCH3 is 1. The molecule has 4 nitrogen and oxygen atoms in total. The van der Waals surface area contributed by atoms with Crippen LogP contribution in [0.5, 0.6) is 5.75 Å². The van der Waals surface area contributed by atoms with E-state index in [1.54, 1.807) is 20.1 Å². The Morgan fingerprint density at radius 3 is 2.84 bits per heavy atom. The van der Waals surface area contributed by atoms with Crippen LogP contribution in [0.1, 0.15) is 18.9 Å². The summed E-state index contributed by atoms with van der Waals surface area (Å²) in [7, 11) is 1.64. The molecule has 1 atom stereocenters. The number of para-hydroxylation sites is 1. The van der Waals surface area contributed by atoms with Gasteiger partial charge in [0, 0.05) is 6.04 Å². The van der Waals surface area contributed by atoms with Crippen LogP contribution in [0.2, 0.25) is 0 Å². The first kappa shape index (κ1) is 15.1. The highest BCUT2D eigenvalue weighted by Gasteiger charge is 2.14. The molecular weight excluding hydrogens is 242 g/mol. The van der Waals surface area contributed by atoms with Crippen LogP contribution in [0, 0.1) is 0 Å². The van der Waals surface area contributed by atoms with Crippen LogP contribution in [0.3, 0.4) is 0 Å². The van der Waals surface area contributed by atoms with Crippen LogP contribution in [0.4, 0.5) is 4.79 Å². The van der Waals surface area contributed by atoms with Crippen LogP contribution < -0.4 is 10.1 Å². The van der Waals surface area contributed by atoms with E-state index < -0.39 is 6.09 Å². The highest BCUT2D eigenvalue weighted by molar-refractivity contribution is 5.67. The highest BCUT2D eigenvalue weighted by atomic mass is 16.5. The van der Waals surface area contributed by atoms with Gasteiger partial charge in [0.1, 0.15) is 5.75 Å². The molecule has 0 unspecified atom stereocenters. The normalized spacial score (nSPS) is 11.5. The lowest BCUT2D eigenvalue weighted by atomic mass is 10.0. The molecule has 0 heterocycles. The molecule has 4 heteroatoms. The first-order chi connectivity index (χ1) is 9.21. The summed E-state index contributed by atoms with van der Waals surface area (Å²) in [4.78, 5) is 11.5. The van der Waals surface area contributed by atoms with Crippen LogP contribution in [-0.4, -0.2) is 25.9 Å². The van der Waals surface area contributed by atoms with E-state index in [2.05, 4.69) is 11.9 Å². The van der Waals surface area contributed by atoms with Gasteiger partial charge < -0.3 is 14.8 Å². The van der Waals surface area contributed by atoms with Crippen molar-refractivity contribution in [1.29, 1.82) is 0 Å². The molecule has 0 bridgehead atoms. The van der Waals surface area contributed by atoms with Crippen molar-refractivity contribution in [3.63, 3.8) is 0 Å². The molecule has 0 fully saturated rings. The lowest BCUT2D eigenvalue weighted by Gasteiger charge is -2.18. The topological polar surface area (TPSA) is 47.6 Å². The van der Waals surface area contributed by atoms with Crippen LogP contribution in [0.15, 0.2) is 36.9 Å². The molecule has 19 heavy (non-hydrogen) atoms. The van der Waals surface area contributed by atoms with Crippen molar-refractivity contribution in [3.8, 4) is 5.75 Å². The Hall–Kier alpha value is -1.97. The lowest BCUT2D eigenvalue weighted by Crippen LogP contribution is -2.36. The summed E-state index contributed by atoms with van der Waals surface area (Å²) in [6.07, 6.45) is 2.74. The van der Waals surface area contributed by atoms with Crippen LogP contribution >= 0.6 is 0 Å². The second kappa shape index (κ2) is 8.19. The lowest BCUT2D eigenvalue weighted by molar-refractivity contribution is 0.148. The minimum Gasteiger partial charge on any atom is -0.496 e. The molecule has 0 aliphatic heterocycles. The molecule has 1 amide bonds. The maximum Gasteiger partial charge on any atom is 0.407 e. The van der Waals surface area contributed by atoms with Crippen molar-refractivity contribution in [3.05, 3.63) is 42.5 Å². The van der Waals surface area contributed by atoms with E-state index in [4.69, 9.17) is 9.47 Å². The second-order valence-electron chi connectivity index (χ2n) is 4.10. The molecule has 0 spiro atoms. The number of carbonyl (C=O) groups is 1. The Balaban J connectivity index is 2.71. The van der Waals surface area contributed by atoms with E-state index in [9.17, 15) is 4.79 Å². The monoisotopic (exact) mass is 263 g/mol. The molecule has 1 rings (SSSR count). The van der Waals surface area contributed by atoms with Gasteiger partial charge in [0.05, 0.1) is 13.7 Å². The summed E-state index contributed by atoms with van der Waals surface area (Å²) in [5.74, 6) is 0.822. The Kier molecular flexibility index (Phi) is 6.50. The largest absolute Gasteiger partial charge is 0.496 e. The second-order valence-corrected chi connectivity index (χ2v) is 4.10. The third-order valence-corrected chi connectivity index (χ3v) is 2.71. The summed E-state index contributed by atoms with van der Waals surface area (Å²) < 4.78 is 10.2. The van der Waals surface area contributed by atoms with E-state index in [1.807, 2.05) is 24.3 Å². The molecule has 104 valence electrons. The van der Waals surface area contributed by atoms with Crippen molar-refractivity contribution in [2.75, 3.05) is 13.7 Å². The van der Waals surface area contributed by atoms with Gasteiger partial charge in [-0.05, 0) is 31.4 Å². The Morgan fingerprint density at radius 2 is 2.21 bits per heavy atom. The number of benzene rings is 1. The first-order valence-electron chi connectivity index (χ1n) is 6.37. The standard InChI is InChI=1S/C15H21NO3/c1-4-8-13(16-15(17)19-5-2)11-12-9-6-7-10-14(12)18-3/h4,6-7,9-10,13H,1,5,8,11H2,2-3H3,(H,16,17)/t13-/m1/s1. The third kappa shape index (κ3) is 5.04. The van der Waals surface area contributed by atoms with Crippen molar-refractivity contribution < 1.29 is 14.3 Å². The molecule has 0 saturated heterocycles. The molecule has 0 aromatic heterocycles. The Bertz CT molecular complexity index is 418. The van der Waals surface area contributed by atoms with Gasteiger partial charge in [-0.15, -0.1) is 6.58 Å². The predicted molar refractivity (Wildman–Crippen MR) is 75.5 cm³/mol. The van der Waals surface area contributed by atoms with Gasteiger partial charge in [-0.3, -0.25) is 0 Å². The van der Waals surface area contributed by atoms with Gasteiger partial charge in [-0.1, -0.05) is 24.3 Å². The van der Waals surface area contributed by atoms with Gasteiger partial charge in [0.15, 0.2) is 0 Å². The quantitative estimate of drug-likeness (QED) is 0.769. The molecule has 1 N–H and O–H groups in total. The Labute approximate surface area is 114 Å². The van der Waals surface area contributed by atoms with E-state index in [-0.39, 0.29) is 6.04 Å². The van der Waals surface area contributed by atoms with Gasteiger partial charge >= 0.3 is 6.09 Å². The summed E-state index contributed by atoms with van der Waals surface area (Å²) >= 11 is 0. The molecule has 0 saturated carbocycles. The average molecular weight is 263 g/mol. The summed E-state index contributed by atoms with van der Waals surface area (Å²) in [5, 5.41) is 2.83. The van der Waals surface area contributed by atoms with E-state index in [0.717, 1.165) is 11.3 Å². The minimum absolute atomic E-state index is 0.0483. The van der Waals surface area contributed by atoms with Crippen molar-refractivity contribution in [2.45, 2.75) is 25.8 Å². The predicted octanol–water partition coefficient (Wildman–Crippen LogP) is 2.93. The SMILES string of the molecule is C=CC[C@H](Cc1ccccc1OC)NC(=O)OCC. The fraction of sp³-hybridized carbons (Fsp3) is 0.400. The number of hydrogen-bond donors (Lipinski definition) is 1. The first-order valence-corrected chi connectivity index (χ1v) is 6.37. The number of hydrogen-bond acceptors (Lipinski definition) is 3. The zero-order valence-corrected chi connectivity index (χ0v) is 11.5. The summed E-state index contributed by atoms with van der Waals surface area (Å²) in [5.41, 5.74) is 1.05. The maximum absolute atomic E-state index is 11.5. The van der Waals surface area contributed by atoms with Gasteiger partial charge in [-0.2, -0.15) is 0 Å². The van der Waals surface area contributed by atoms with E-state index in [0.29, 0.717) is 19.4 Å². The molecule has 0 radical (unpaired) electrons. The fourth-order valence-electron chi connectivity index (χ4n) is 1.87. The van der Waals surface area contributed by atoms with Crippen LogP contribution in [-0.2, 0) is 11.2 Å². The highest BCUT2D eigenvalue weighted by Crippen LogP contribution is 2.19. The third-order valence-electron chi connectivity index (χ3n) is 2.71. The summed E-state index contributed by atoms with van der Waals surface area (Å²) in [6, 6.07) is 7.72. The van der Waals surface area contributed by atoms with Gasteiger partial charge in [0.2, 0.25) is 0 Å². The number of rotatable bonds is 7. The zero-order chi connectivity index (χ0) is 14.1. The van der Waals surface area contributed by atoms with Gasteiger partial charge in [-0.25, -0.2) is 4.79 Å². The number of carbonyl (C=O) groups excluding carboxylic acids is 1. The molecule has 1 aromatic carbocycles. The molecular formula is C15H21NO3. The number of amides is 1. The Morgan fingerprint density at radius 1 is 1.47 bits per heavy atom. The van der Waals surface area contributed by atoms with Crippen molar-refractivity contribution in [2.24, 2.45) is 0 Å². The smallest absolute Gasteiger partial charge is 0.407 e. The zero-order valence-electron chi connectivity index (χ0n) is 11.5. The minimum atomic E-state index is -0.399. The molecule has 0 aliphatic rings. The fourth-order valence-corrected chi connectivity index (χ4v) is 1.87. The average Bonchev–Trinajstić information content (AvgIpc) is 2.40. The maximum atomic E-state index is 11.5. The number of ether oxygens (including phenoxy) is 2. The van der Waals surface area contributed by atoms with E-state index in [1.165, 1.54) is 0 Å². The molecule has 0 aliphatic carbocycles. The number of nitrogens with one attached hydrogen (secondary N) is 1. The van der Waals surface area contributed by atoms with Gasteiger partial charge in [0.25, 0.3) is 0 Å². The van der Waals surface area contributed by atoms with E-state index >= 15 is 0 Å². The van der Waals surface area contributed by atoms with Crippen molar-refractivity contribution in [1.82, 2.24) is 5.32 Å². The molecule has 1 aromatic rings. The van der Waals surface area contributed by atoms with Crippen molar-refractivity contribution >= 4 is 6.09 Å².